The first-order valence-electron chi connectivity index (χ1n) is 5.87. The molecule has 1 heterocycles. The van der Waals surface area contributed by atoms with Gasteiger partial charge in [0, 0.05) is 23.9 Å². The van der Waals surface area contributed by atoms with Gasteiger partial charge >= 0.3 is 0 Å². The van der Waals surface area contributed by atoms with E-state index in [1.54, 1.807) is 0 Å². The van der Waals surface area contributed by atoms with Gasteiger partial charge in [-0.15, -0.1) is 0 Å². The van der Waals surface area contributed by atoms with Gasteiger partial charge < -0.3 is 5.32 Å². The zero-order valence-corrected chi connectivity index (χ0v) is 10.5. The van der Waals surface area contributed by atoms with Crippen LogP contribution in [-0.4, -0.2) is 17.0 Å². The largest absolute Gasteiger partial charge is 0.373 e. The van der Waals surface area contributed by atoms with E-state index in [0.717, 1.165) is 29.3 Å². The Hall–Kier alpha value is -1.90. The standard InChI is InChI=1S/C14H17N3/c1-4-12-10(2)16-13(17-14(12)15-3)11-8-6-5-7-9-11/h5-9H,4H2,1-3H3,(H,15,16,17). The molecule has 1 N–H and O–H groups in total. The average Bonchev–Trinajstić information content (AvgIpc) is 2.38. The number of nitrogens with one attached hydrogen (secondary N) is 1. The summed E-state index contributed by atoms with van der Waals surface area (Å²) in [5.41, 5.74) is 3.28. The third kappa shape index (κ3) is 2.28. The highest BCUT2D eigenvalue weighted by Crippen LogP contribution is 2.22. The van der Waals surface area contributed by atoms with Crippen molar-refractivity contribution >= 4 is 5.82 Å². The Balaban J connectivity index is 2.54. The lowest BCUT2D eigenvalue weighted by molar-refractivity contribution is 1.00. The summed E-state index contributed by atoms with van der Waals surface area (Å²) in [4.78, 5) is 9.14. The second-order valence-corrected chi connectivity index (χ2v) is 3.93. The number of hydrogen-bond acceptors (Lipinski definition) is 3. The molecule has 0 spiro atoms. The Morgan fingerprint density at radius 1 is 1.12 bits per heavy atom. The topological polar surface area (TPSA) is 37.8 Å². The molecule has 0 saturated heterocycles. The van der Waals surface area contributed by atoms with Gasteiger partial charge in [-0.3, -0.25) is 0 Å². The van der Waals surface area contributed by atoms with Crippen LogP contribution in [0.3, 0.4) is 0 Å². The molecule has 0 atom stereocenters. The fourth-order valence-corrected chi connectivity index (χ4v) is 1.94. The van der Waals surface area contributed by atoms with E-state index in [1.165, 1.54) is 5.56 Å². The summed E-state index contributed by atoms with van der Waals surface area (Å²) in [6.07, 6.45) is 0.942. The molecule has 2 rings (SSSR count). The number of nitrogens with zero attached hydrogens (tertiary/aromatic N) is 2. The number of rotatable bonds is 3. The Morgan fingerprint density at radius 2 is 1.82 bits per heavy atom. The molecule has 88 valence electrons. The molecule has 2 aromatic rings. The number of aryl methyl sites for hydroxylation is 1. The van der Waals surface area contributed by atoms with Crippen molar-refractivity contribution in [2.24, 2.45) is 0 Å². The predicted molar refractivity (Wildman–Crippen MR) is 71.1 cm³/mol. The number of hydrogen-bond donors (Lipinski definition) is 1. The molecule has 3 heteroatoms. The van der Waals surface area contributed by atoms with E-state index in [2.05, 4.69) is 22.2 Å². The zero-order valence-electron chi connectivity index (χ0n) is 10.5. The van der Waals surface area contributed by atoms with E-state index in [1.807, 2.05) is 44.3 Å². The predicted octanol–water partition coefficient (Wildman–Crippen LogP) is 3.06. The van der Waals surface area contributed by atoms with Crippen LogP contribution < -0.4 is 5.32 Å². The van der Waals surface area contributed by atoms with Crippen molar-refractivity contribution in [2.45, 2.75) is 20.3 Å². The average molecular weight is 227 g/mol. The van der Waals surface area contributed by atoms with Crippen molar-refractivity contribution in [1.82, 2.24) is 9.97 Å². The van der Waals surface area contributed by atoms with Gasteiger partial charge in [0.25, 0.3) is 0 Å². The molecule has 0 saturated carbocycles. The minimum absolute atomic E-state index is 0.782. The second-order valence-electron chi connectivity index (χ2n) is 3.93. The summed E-state index contributed by atoms with van der Waals surface area (Å²) >= 11 is 0. The van der Waals surface area contributed by atoms with Crippen molar-refractivity contribution in [3.8, 4) is 11.4 Å². The number of benzene rings is 1. The van der Waals surface area contributed by atoms with Crippen LogP contribution in [-0.2, 0) is 6.42 Å². The molecule has 0 unspecified atom stereocenters. The lowest BCUT2D eigenvalue weighted by Crippen LogP contribution is -2.04. The van der Waals surface area contributed by atoms with Crippen LogP contribution in [0, 0.1) is 6.92 Å². The maximum Gasteiger partial charge on any atom is 0.161 e. The van der Waals surface area contributed by atoms with E-state index >= 15 is 0 Å². The molecule has 0 amide bonds. The maximum atomic E-state index is 4.57. The summed E-state index contributed by atoms with van der Waals surface area (Å²) in [7, 11) is 1.90. The molecule has 17 heavy (non-hydrogen) atoms. The minimum Gasteiger partial charge on any atom is -0.373 e. The highest BCUT2D eigenvalue weighted by Gasteiger charge is 2.09. The molecule has 0 bridgehead atoms. The van der Waals surface area contributed by atoms with Crippen LogP contribution >= 0.6 is 0 Å². The van der Waals surface area contributed by atoms with Gasteiger partial charge in [-0.1, -0.05) is 37.3 Å². The van der Waals surface area contributed by atoms with Crippen molar-refractivity contribution in [3.63, 3.8) is 0 Å². The smallest absolute Gasteiger partial charge is 0.161 e. The minimum atomic E-state index is 0.782. The van der Waals surface area contributed by atoms with Crippen LogP contribution in [0.5, 0.6) is 0 Å². The van der Waals surface area contributed by atoms with Crippen molar-refractivity contribution < 1.29 is 0 Å². The van der Waals surface area contributed by atoms with E-state index in [0.29, 0.717) is 0 Å². The van der Waals surface area contributed by atoms with Crippen molar-refractivity contribution in [1.29, 1.82) is 0 Å². The SMILES string of the molecule is CCc1c(C)nc(-c2ccccc2)nc1NC. The number of anilines is 1. The molecule has 0 aliphatic carbocycles. The Kier molecular flexibility index (Phi) is 3.38. The summed E-state index contributed by atoms with van der Waals surface area (Å²) in [6, 6.07) is 10.1. The lowest BCUT2D eigenvalue weighted by atomic mass is 10.1. The fraction of sp³-hybridized carbons (Fsp3) is 0.286. The molecule has 1 aromatic carbocycles. The zero-order chi connectivity index (χ0) is 12.3. The summed E-state index contributed by atoms with van der Waals surface area (Å²) in [5.74, 6) is 1.71. The third-order valence-electron chi connectivity index (χ3n) is 2.84. The van der Waals surface area contributed by atoms with E-state index < -0.39 is 0 Å². The highest BCUT2D eigenvalue weighted by atomic mass is 15.0. The van der Waals surface area contributed by atoms with Crippen LogP contribution in [0.2, 0.25) is 0 Å². The maximum absolute atomic E-state index is 4.57. The first-order chi connectivity index (χ1) is 8.26. The summed E-state index contributed by atoms with van der Waals surface area (Å²) in [5, 5.41) is 3.15. The van der Waals surface area contributed by atoms with Gasteiger partial charge in [0.15, 0.2) is 5.82 Å². The fourth-order valence-electron chi connectivity index (χ4n) is 1.94. The van der Waals surface area contributed by atoms with Gasteiger partial charge in [0.1, 0.15) is 5.82 Å². The first kappa shape index (κ1) is 11.6. The summed E-state index contributed by atoms with van der Waals surface area (Å²) < 4.78 is 0. The molecular weight excluding hydrogens is 210 g/mol. The van der Waals surface area contributed by atoms with Gasteiger partial charge in [0.05, 0.1) is 0 Å². The van der Waals surface area contributed by atoms with Gasteiger partial charge in [-0.2, -0.15) is 0 Å². The van der Waals surface area contributed by atoms with E-state index in [4.69, 9.17) is 0 Å². The molecule has 0 fully saturated rings. The van der Waals surface area contributed by atoms with Crippen molar-refractivity contribution in [2.75, 3.05) is 12.4 Å². The van der Waals surface area contributed by atoms with Crippen LogP contribution in [0.1, 0.15) is 18.2 Å². The van der Waals surface area contributed by atoms with Crippen LogP contribution in [0.15, 0.2) is 30.3 Å². The summed E-state index contributed by atoms with van der Waals surface area (Å²) in [6.45, 7) is 4.16. The Labute approximate surface area is 102 Å². The molecule has 3 nitrogen and oxygen atoms in total. The monoisotopic (exact) mass is 227 g/mol. The highest BCUT2D eigenvalue weighted by molar-refractivity contribution is 5.59. The van der Waals surface area contributed by atoms with Gasteiger partial charge in [-0.25, -0.2) is 9.97 Å². The Bertz CT molecular complexity index is 506. The third-order valence-corrected chi connectivity index (χ3v) is 2.84. The van der Waals surface area contributed by atoms with Crippen LogP contribution in [0.25, 0.3) is 11.4 Å². The first-order valence-corrected chi connectivity index (χ1v) is 5.87. The lowest BCUT2D eigenvalue weighted by Gasteiger charge is -2.11. The van der Waals surface area contributed by atoms with E-state index in [-0.39, 0.29) is 0 Å². The molecule has 0 aliphatic rings. The van der Waals surface area contributed by atoms with Crippen LogP contribution in [0.4, 0.5) is 5.82 Å². The van der Waals surface area contributed by atoms with Crippen molar-refractivity contribution in [3.05, 3.63) is 41.6 Å². The van der Waals surface area contributed by atoms with Gasteiger partial charge in [0.2, 0.25) is 0 Å². The van der Waals surface area contributed by atoms with E-state index in [9.17, 15) is 0 Å². The Morgan fingerprint density at radius 3 is 2.41 bits per heavy atom. The molecule has 0 aliphatic heterocycles. The molecule has 1 aromatic heterocycles. The quantitative estimate of drug-likeness (QED) is 0.875. The molecular formula is C14H17N3. The number of aromatic nitrogens is 2. The molecule has 0 radical (unpaired) electrons. The second kappa shape index (κ2) is 4.95. The van der Waals surface area contributed by atoms with Gasteiger partial charge in [-0.05, 0) is 13.3 Å². The normalized spacial score (nSPS) is 10.3.